The summed E-state index contributed by atoms with van der Waals surface area (Å²) >= 11 is 9.36. The van der Waals surface area contributed by atoms with E-state index in [2.05, 4.69) is 37.4 Å². The summed E-state index contributed by atoms with van der Waals surface area (Å²) in [6.45, 7) is 2.18. The van der Waals surface area contributed by atoms with Gasteiger partial charge in [0, 0.05) is 29.5 Å². The van der Waals surface area contributed by atoms with Crippen molar-refractivity contribution in [2.75, 3.05) is 26.0 Å². The first-order valence-electron chi connectivity index (χ1n) is 6.46. The van der Waals surface area contributed by atoms with E-state index in [-0.39, 0.29) is 0 Å². The number of likely N-dealkylation sites (tertiary alicyclic amines) is 1. The van der Waals surface area contributed by atoms with E-state index in [1.54, 1.807) is 0 Å². The third kappa shape index (κ3) is 2.51. The van der Waals surface area contributed by atoms with Crippen LogP contribution in [-0.2, 0) is 6.42 Å². The Morgan fingerprint density at radius 1 is 1.53 bits per heavy atom. The standard InChI is InChI=1S/C13H16BrClN4/c1-18-5-3-10(8-18)19-12(2-4-15)17-11-6-9(14)7-16-13(11)19/h6-7,10H,2-5,8H2,1H3. The van der Waals surface area contributed by atoms with Crippen LogP contribution in [0.5, 0.6) is 0 Å². The summed E-state index contributed by atoms with van der Waals surface area (Å²) in [4.78, 5) is 11.6. The highest BCUT2D eigenvalue weighted by Gasteiger charge is 2.25. The van der Waals surface area contributed by atoms with Gasteiger partial charge >= 0.3 is 0 Å². The molecule has 0 radical (unpaired) electrons. The second-order valence-electron chi connectivity index (χ2n) is 5.04. The van der Waals surface area contributed by atoms with Gasteiger partial charge in [-0.15, -0.1) is 11.6 Å². The van der Waals surface area contributed by atoms with Crippen molar-refractivity contribution in [2.45, 2.75) is 18.9 Å². The van der Waals surface area contributed by atoms with Gasteiger partial charge in [-0.05, 0) is 42.0 Å². The molecule has 0 aromatic carbocycles. The van der Waals surface area contributed by atoms with E-state index in [0.29, 0.717) is 11.9 Å². The topological polar surface area (TPSA) is 34.0 Å². The lowest BCUT2D eigenvalue weighted by Crippen LogP contribution is -2.18. The molecule has 1 aliphatic heterocycles. The van der Waals surface area contributed by atoms with Crippen LogP contribution in [0.2, 0.25) is 0 Å². The van der Waals surface area contributed by atoms with Crippen LogP contribution < -0.4 is 0 Å². The summed E-state index contributed by atoms with van der Waals surface area (Å²) in [5, 5.41) is 0. The maximum Gasteiger partial charge on any atom is 0.160 e. The monoisotopic (exact) mass is 342 g/mol. The van der Waals surface area contributed by atoms with E-state index in [0.717, 1.165) is 47.4 Å². The zero-order valence-electron chi connectivity index (χ0n) is 10.8. The Morgan fingerprint density at radius 2 is 2.37 bits per heavy atom. The number of alkyl halides is 1. The van der Waals surface area contributed by atoms with Gasteiger partial charge in [0.15, 0.2) is 5.65 Å². The number of fused-ring (bicyclic) bond motifs is 1. The lowest BCUT2D eigenvalue weighted by Gasteiger charge is -2.15. The van der Waals surface area contributed by atoms with Gasteiger partial charge in [-0.3, -0.25) is 0 Å². The SMILES string of the molecule is CN1CCC(n2c(CCCl)nc3cc(Br)cnc32)C1. The molecule has 0 saturated carbocycles. The molecular weight excluding hydrogens is 328 g/mol. The highest BCUT2D eigenvalue weighted by molar-refractivity contribution is 9.10. The average Bonchev–Trinajstić information content (AvgIpc) is 2.92. The first kappa shape index (κ1) is 13.3. The van der Waals surface area contributed by atoms with Crippen LogP contribution in [0.25, 0.3) is 11.2 Å². The molecule has 1 unspecified atom stereocenters. The van der Waals surface area contributed by atoms with Crippen molar-refractivity contribution in [1.29, 1.82) is 0 Å². The van der Waals surface area contributed by atoms with Crippen LogP contribution in [0, 0.1) is 0 Å². The van der Waals surface area contributed by atoms with Crippen molar-refractivity contribution < 1.29 is 0 Å². The van der Waals surface area contributed by atoms with Crippen LogP contribution in [-0.4, -0.2) is 45.5 Å². The van der Waals surface area contributed by atoms with Crippen molar-refractivity contribution >= 4 is 38.7 Å². The highest BCUT2D eigenvalue weighted by Crippen LogP contribution is 2.28. The van der Waals surface area contributed by atoms with E-state index in [9.17, 15) is 0 Å². The summed E-state index contributed by atoms with van der Waals surface area (Å²) in [6, 6.07) is 2.48. The molecule has 0 aliphatic carbocycles. The lowest BCUT2D eigenvalue weighted by molar-refractivity contribution is 0.392. The van der Waals surface area contributed by atoms with E-state index in [4.69, 9.17) is 16.6 Å². The summed E-state index contributed by atoms with van der Waals surface area (Å²) < 4.78 is 3.25. The van der Waals surface area contributed by atoms with Crippen molar-refractivity contribution in [3.8, 4) is 0 Å². The molecule has 1 aliphatic rings. The molecular formula is C13H16BrClN4. The number of aromatic nitrogens is 3. The number of pyridine rings is 1. The Labute approximate surface area is 125 Å². The summed E-state index contributed by atoms with van der Waals surface area (Å²) in [6.07, 6.45) is 3.77. The van der Waals surface area contributed by atoms with E-state index >= 15 is 0 Å². The summed E-state index contributed by atoms with van der Waals surface area (Å²) in [5.74, 6) is 1.64. The number of rotatable bonds is 3. The van der Waals surface area contributed by atoms with Gasteiger partial charge in [-0.1, -0.05) is 0 Å². The first-order valence-corrected chi connectivity index (χ1v) is 7.78. The van der Waals surface area contributed by atoms with Crippen LogP contribution in [0.1, 0.15) is 18.3 Å². The minimum Gasteiger partial charge on any atom is -0.308 e. The van der Waals surface area contributed by atoms with Gasteiger partial charge in [0.1, 0.15) is 11.3 Å². The number of halogens is 2. The molecule has 1 fully saturated rings. The molecule has 0 amide bonds. The number of aryl methyl sites for hydroxylation is 1. The number of hydrogen-bond donors (Lipinski definition) is 0. The Kier molecular flexibility index (Phi) is 3.78. The van der Waals surface area contributed by atoms with E-state index in [1.165, 1.54) is 0 Å². The molecule has 2 aromatic rings. The molecule has 6 heteroatoms. The van der Waals surface area contributed by atoms with E-state index in [1.807, 2.05) is 12.3 Å². The molecule has 1 atom stereocenters. The summed E-state index contributed by atoms with van der Waals surface area (Å²) in [7, 11) is 2.16. The predicted molar refractivity (Wildman–Crippen MR) is 80.8 cm³/mol. The fourth-order valence-corrected chi connectivity index (χ4v) is 3.26. The third-order valence-corrected chi connectivity index (χ3v) is 4.24. The van der Waals surface area contributed by atoms with Crippen LogP contribution in [0.15, 0.2) is 16.7 Å². The molecule has 102 valence electrons. The zero-order valence-corrected chi connectivity index (χ0v) is 13.2. The molecule has 19 heavy (non-hydrogen) atoms. The average molecular weight is 344 g/mol. The Hall–Kier alpha value is -0.650. The minimum atomic E-state index is 0.460. The lowest BCUT2D eigenvalue weighted by atomic mass is 10.2. The molecule has 4 nitrogen and oxygen atoms in total. The van der Waals surface area contributed by atoms with Crippen LogP contribution in [0.4, 0.5) is 0 Å². The predicted octanol–water partition coefficient (Wildman–Crippen LogP) is 2.85. The second kappa shape index (κ2) is 5.38. The molecule has 0 spiro atoms. The molecule has 3 rings (SSSR count). The van der Waals surface area contributed by atoms with Gasteiger partial charge < -0.3 is 9.47 Å². The highest BCUT2D eigenvalue weighted by atomic mass is 79.9. The van der Waals surface area contributed by atoms with Crippen molar-refractivity contribution in [3.63, 3.8) is 0 Å². The molecule has 0 N–H and O–H groups in total. The number of nitrogens with zero attached hydrogens (tertiary/aromatic N) is 4. The molecule has 2 aromatic heterocycles. The number of hydrogen-bond acceptors (Lipinski definition) is 3. The van der Waals surface area contributed by atoms with Gasteiger partial charge in [0.2, 0.25) is 0 Å². The zero-order chi connectivity index (χ0) is 13.4. The quantitative estimate of drug-likeness (QED) is 0.804. The van der Waals surface area contributed by atoms with Gasteiger partial charge in [0.25, 0.3) is 0 Å². The van der Waals surface area contributed by atoms with Crippen LogP contribution in [0.3, 0.4) is 0 Å². The van der Waals surface area contributed by atoms with Crippen LogP contribution >= 0.6 is 27.5 Å². The maximum atomic E-state index is 5.91. The summed E-state index contributed by atoms with van der Waals surface area (Å²) in [5.41, 5.74) is 1.92. The largest absolute Gasteiger partial charge is 0.308 e. The Bertz CT molecular complexity index is 598. The van der Waals surface area contributed by atoms with Gasteiger partial charge in [-0.2, -0.15) is 0 Å². The van der Waals surface area contributed by atoms with Crippen molar-refractivity contribution in [1.82, 2.24) is 19.4 Å². The van der Waals surface area contributed by atoms with Crippen molar-refractivity contribution in [2.24, 2.45) is 0 Å². The molecule has 1 saturated heterocycles. The van der Waals surface area contributed by atoms with E-state index < -0.39 is 0 Å². The number of imidazole rings is 1. The normalized spacial score (nSPS) is 20.5. The van der Waals surface area contributed by atoms with Crippen molar-refractivity contribution in [3.05, 3.63) is 22.6 Å². The fourth-order valence-electron chi connectivity index (χ4n) is 2.77. The fraction of sp³-hybridized carbons (Fsp3) is 0.538. The van der Waals surface area contributed by atoms with Gasteiger partial charge in [-0.25, -0.2) is 9.97 Å². The smallest absolute Gasteiger partial charge is 0.160 e. The third-order valence-electron chi connectivity index (χ3n) is 3.62. The van der Waals surface area contributed by atoms with Gasteiger partial charge in [0.05, 0.1) is 6.04 Å². The Balaban J connectivity index is 2.11. The maximum absolute atomic E-state index is 5.91. The Morgan fingerprint density at radius 3 is 3.05 bits per heavy atom. The first-order chi connectivity index (χ1) is 9.19. The minimum absolute atomic E-state index is 0.460. The number of likely N-dealkylation sites (N-methyl/N-ethyl adjacent to an activating group) is 1. The molecule has 3 heterocycles. The second-order valence-corrected chi connectivity index (χ2v) is 6.33. The molecule has 0 bridgehead atoms.